The van der Waals surface area contributed by atoms with Crippen LogP contribution in [0.2, 0.25) is 0 Å². The number of imidazole rings is 1. The number of amides is 1. The fourth-order valence-electron chi connectivity index (χ4n) is 5.66. The first-order chi connectivity index (χ1) is 20.0. The number of anilines is 1. The Labute approximate surface area is 235 Å². The van der Waals surface area contributed by atoms with Crippen LogP contribution in [0.5, 0.6) is 0 Å². The van der Waals surface area contributed by atoms with Gasteiger partial charge in [0.25, 0.3) is 0 Å². The average Bonchev–Trinajstić information content (AvgIpc) is 3.71. The highest BCUT2D eigenvalue weighted by Crippen LogP contribution is 2.41. The molecule has 5 heterocycles. The van der Waals surface area contributed by atoms with Crippen LogP contribution in [0.15, 0.2) is 67.1 Å². The van der Waals surface area contributed by atoms with Crippen LogP contribution in [-0.4, -0.2) is 60.1 Å². The molecular weight excluding hydrogens is 520 g/mol. The second-order valence-electron chi connectivity index (χ2n) is 10.3. The van der Waals surface area contributed by atoms with Crippen LogP contribution in [0.3, 0.4) is 0 Å². The van der Waals surface area contributed by atoms with Gasteiger partial charge in [-0.05, 0) is 66.4 Å². The van der Waals surface area contributed by atoms with E-state index in [1.807, 2.05) is 53.2 Å². The third kappa shape index (κ3) is 4.12. The van der Waals surface area contributed by atoms with Crippen molar-refractivity contribution in [3.63, 3.8) is 0 Å². The Morgan fingerprint density at radius 1 is 1.17 bits per heavy atom. The number of pyridine rings is 2. The van der Waals surface area contributed by atoms with Crippen molar-refractivity contribution in [2.24, 2.45) is 5.73 Å². The number of hydrogen-bond donors (Lipinski definition) is 2. The molecule has 0 radical (unpaired) electrons. The fourth-order valence-corrected chi connectivity index (χ4v) is 5.66. The number of nitrogens with zero attached hydrogens (tertiary/aromatic N) is 6. The largest absolute Gasteiger partial charge is 0.383 e. The van der Waals surface area contributed by atoms with E-state index in [-0.39, 0.29) is 19.1 Å². The van der Waals surface area contributed by atoms with E-state index < -0.39 is 17.6 Å². The molecule has 4 aromatic heterocycles. The number of benzene rings is 1. The number of aromatic nitrogens is 6. The lowest BCUT2D eigenvalue weighted by atomic mass is 9.93. The maximum Gasteiger partial charge on any atom is 0.247 e. The molecule has 41 heavy (non-hydrogen) atoms. The molecule has 0 saturated carbocycles. The van der Waals surface area contributed by atoms with Crippen molar-refractivity contribution >= 4 is 22.9 Å². The molecule has 1 fully saturated rings. The van der Waals surface area contributed by atoms with Crippen molar-refractivity contribution in [2.75, 3.05) is 18.9 Å². The van der Waals surface area contributed by atoms with Gasteiger partial charge in [0, 0.05) is 30.2 Å². The summed E-state index contributed by atoms with van der Waals surface area (Å²) in [5.74, 6) is 3.50. The molecule has 1 unspecified atom stereocenters. The van der Waals surface area contributed by atoms with Gasteiger partial charge in [-0.3, -0.25) is 9.36 Å². The molecule has 2 atom stereocenters. The maximum atomic E-state index is 12.5. The predicted molar refractivity (Wildman–Crippen MR) is 151 cm³/mol. The number of fused-ring (bicyclic) bond motifs is 2. The minimum atomic E-state index is -0.922. The minimum Gasteiger partial charge on any atom is -0.383 e. The van der Waals surface area contributed by atoms with Crippen LogP contribution >= 0.6 is 0 Å². The number of nitrogens with two attached hydrogens (primary N) is 2. The third-order valence-corrected chi connectivity index (χ3v) is 7.75. The summed E-state index contributed by atoms with van der Waals surface area (Å²) in [6.45, 7) is 0.487. The van der Waals surface area contributed by atoms with Crippen LogP contribution in [0.1, 0.15) is 23.5 Å². The second-order valence-corrected chi connectivity index (χ2v) is 10.3. The van der Waals surface area contributed by atoms with Gasteiger partial charge in [-0.1, -0.05) is 12.0 Å². The topological polar surface area (TPSA) is 149 Å². The van der Waals surface area contributed by atoms with Crippen molar-refractivity contribution < 1.29 is 14.3 Å². The van der Waals surface area contributed by atoms with E-state index >= 15 is 0 Å². The summed E-state index contributed by atoms with van der Waals surface area (Å²) in [6.07, 6.45) is 11.5. The number of primary amides is 1. The van der Waals surface area contributed by atoms with Crippen molar-refractivity contribution in [1.82, 2.24) is 29.3 Å². The summed E-state index contributed by atoms with van der Waals surface area (Å²) >= 11 is 0. The first-order valence-electron chi connectivity index (χ1n) is 13.2. The van der Waals surface area contributed by atoms with Gasteiger partial charge in [-0.25, -0.2) is 19.6 Å². The highest BCUT2D eigenvalue weighted by Gasteiger charge is 2.45. The molecule has 1 aromatic carbocycles. The second kappa shape index (κ2) is 9.55. The Balaban J connectivity index is 1.34. The Morgan fingerprint density at radius 3 is 2.76 bits per heavy atom. The Hall–Kier alpha value is -5.05. The smallest absolute Gasteiger partial charge is 0.247 e. The quantitative estimate of drug-likeness (QED) is 0.296. The fraction of sp³-hybridized carbons (Fsp3) is 0.233. The Kier molecular flexibility index (Phi) is 5.81. The molecule has 7 rings (SSSR count). The molecule has 0 spiro atoms. The van der Waals surface area contributed by atoms with E-state index in [9.17, 15) is 4.79 Å². The van der Waals surface area contributed by atoms with Crippen LogP contribution in [-0.2, 0) is 20.7 Å². The zero-order valence-electron chi connectivity index (χ0n) is 22.0. The lowest BCUT2D eigenvalue weighted by Crippen LogP contribution is -2.55. The summed E-state index contributed by atoms with van der Waals surface area (Å²) in [7, 11) is 0. The zero-order valence-corrected chi connectivity index (χ0v) is 22.0. The molecule has 204 valence electrons. The summed E-state index contributed by atoms with van der Waals surface area (Å²) in [5.41, 5.74) is 16.2. The summed E-state index contributed by atoms with van der Waals surface area (Å²) in [6, 6.07) is 15.4. The summed E-state index contributed by atoms with van der Waals surface area (Å²) in [5, 5.41) is 4.33. The number of ether oxygens (including phenoxy) is 2. The van der Waals surface area contributed by atoms with E-state index in [0.29, 0.717) is 40.6 Å². The van der Waals surface area contributed by atoms with Gasteiger partial charge in [-0.15, -0.1) is 6.42 Å². The van der Waals surface area contributed by atoms with Crippen LogP contribution in [0.4, 0.5) is 5.82 Å². The predicted octanol–water partition coefficient (Wildman–Crippen LogP) is 2.55. The lowest BCUT2D eigenvalue weighted by molar-refractivity contribution is -0.202. The van der Waals surface area contributed by atoms with Gasteiger partial charge >= 0.3 is 0 Å². The SMILES string of the molecule is C#CC1(OC(C(N)=O)[C@H]2CCc3cc(-n4c(-c5cccnc5N)nc5ccc(-n6cccn6)nc54)ccc32)COC1. The molecule has 11 nitrogen and oxygen atoms in total. The van der Waals surface area contributed by atoms with Crippen molar-refractivity contribution in [3.05, 3.63) is 78.2 Å². The molecule has 1 saturated heterocycles. The van der Waals surface area contributed by atoms with Crippen molar-refractivity contribution in [1.29, 1.82) is 0 Å². The Morgan fingerprint density at radius 2 is 2.05 bits per heavy atom. The number of carbonyl (C=O) groups is 1. The number of rotatable bonds is 7. The zero-order chi connectivity index (χ0) is 28.1. The normalized spacial score (nSPS) is 18.0. The van der Waals surface area contributed by atoms with Crippen molar-refractivity contribution in [3.8, 4) is 35.2 Å². The van der Waals surface area contributed by atoms with Gasteiger partial charge in [0.05, 0.1) is 18.8 Å². The third-order valence-electron chi connectivity index (χ3n) is 7.75. The molecule has 1 amide bonds. The maximum absolute atomic E-state index is 12.5. The number of carbonyl (C=O) groups excluding carboxylic acids is 1. The molecule has 0 bridgehead atoms. The monoisotopic (exact) mass is 546 g/mol. The van der Waals surface area contributed by atoms with E-state index in [0.717, 1.165) is 23.2 Å². The summed E-state index contributed by atoms with van der Waals surface area (Å²) in [4.78, 5) is 26.6. The molecule has 11 heteroatoms. The van der Waals surface area contributed by atoms with Crippen LogP contribution in [0, 0.1) is 12.3 Å². The molecule has 2 aliphatic rings. The molecule has 5 aromatic rings. The number of nitrogen functional groups attached to an aromatic ring is 1. The first-order valence-corrected chi connectivity index (χ1v) is 13.2. The van der Waals surface area contributed by atoms with Gasteiger partial charge in [0.2, 0.25) is 5.91 Å². The first kappa shape index (κ1) is 25.0. The van der Waals surface area contributed by atoms with E-state index in [2.05, 4.69) is 22.1 Å². The summed E-state index contributed by atoms with van der Waals surface area (Å²) < 4.78 is 15.1. The standard InChI is InChI=1S/C30H26N8O3/c1-2-30(16-40-17-30)41-25(27(32)39)21-8-6-18-15-19(7-9-20(18)21)38-28(22-5-3-12-33-26(22)31)35-23-10-11-24(36-29(23)38)37-14-4-13-34-37/h1,3-5,7,9-15,21,25H,6,8,16-17H2,(H2,31,33)(H2,32,39)/t21-,25?/m0/s1. The van der Waals surface area contributed by atoms with Gasteiger partial charge in [0.15, 0.2) is 22.9 Å². The Bertz CT molecular complexity index is 1830. The van der Waals surface area contributed by atoms with E-state index in [1.165, 1.54) is 0 Å². The number of terminal acetylenes is 1. The van der Waals surface area contributed by atoms with E-state index in [1.54, 1.807) is 17.1 Å². The van der Waals surface area contributed by atoms with Gasteiger partial charge < -0.3 is 20.9 Å². The molecule has 1 aliphatic heterocycles. The van der Waals surface area contributed by atoms with E-state index in [4.69, 9.17) is 37.3 Å². The van der Waals surface area contributed by atoms with Crippen molar-refractivity contribution in [2.45, 2.75) is 30.5 Å². The minimum absolute atomic E-state index is 0.222. The van der Waals surface area contributed by atoms with Crippen LogP contribution < -0.4 is 11.5 Å². The highest BCUT2D eigenvalue weighted by molar-refractivity contribution is 5.84. The highest BCUT2D eigenvalue weighted by atomic mass is 16.6. The van der Waals surface area contributed by atoms with Gasteiger partial charge in [0.1, 0.15) is 17.4 Å². The number of hydrogen-bond acceptors (Lipinski definition) is 8. The number of aryl methyl sites for hydroxylation is 1. The van der Waals surface area contributed by atoms with Gasteiger partial charge in [-0.2, -0.15) is 5.10 Å². The molecule has 4 N–H and O–H groups in total. The van der Waals surface area contributed by atoms with Crippen LogP contribution in [0.25, 0.3) is 34.1 Å². The molecular formula is C30H26N8O3. The average molecular weight is 547 g/mol. The lowest BCUT2D eigenvalue weighted by Gasteiger charge is -2.40. The molecule has 1 aliphatic carbocycles.